The van der Waals surface area contributed by atoms with E-state index in [-0.39, 0.29) is 23.7 Å². The number of thioether (sulfide) groups is 1. The number of unbranched alkanes of at least 4 members (excludes halogenated alkanes) is 3. The third-order valence-electron chi connectivity index (χ3n) is 5.34. The second-order valence-electron chi connectivity index (χ2n) is 7.88. The lowest BCUT2D eigenvalue weighted by molar-refractivity contribution is -0.137. The smallest absolute Gasteiger partial charge is 0.248 e. The van der Waals surface area contributed by atoms with E-state index in [1.165, 1.54) is 12.0 Å². The second kappa shape index (κ2) is 13.8. The van der Waals surface area contributed by atoms with Gasteiger partial charge in [0.15, 0.2) is 0 Å². The fourth-order valence-electron chi connectivity index (χ4n) is 3.49. The van der Waals surface area contributed by atoms with Gasteiger partial charge in [0, 0.05) is 33.1 Å². The van der Waals surface area contributed by atoms with Crippen LogP contribution in [-0.2, 0) is 32.4 Å². The van der Waals surface area contributed by atoms with Gasteiger partial charge in [-0.1, -0.05) is 12.8 Å². The van der Waals surface area contributed by atoms with Crippen molar-refractivity contribution in [1.29, 1.82) is 0 Å². The number of amides is 2. The quantitative estimate of drug-likeness (QED) is 0.175. The van der Waals surface area contributed by atoms with Crippen LogP contribution in [0.1, 0.15) is 45.4 Å². The van der Waals surface area contributed by atoms with Gasteiger partial charge < -0.3 is 32.6 Å². The van der Waals surface area contributed by atoms with E-state index in [0.717, 1.165) is 31.4 Å². The first-order chi connectivity index (χ1) is 15.6. The highest BCUT2D eigenvalue weighted by molar-refractivity contribution is 8.00. The SMILES string of the molecule is C=P(O)(OCCCCCCSC1CC(=O)N(CC)C1=O)OCC1OCCC1OP(=C)(O)OC. The Morgan fingerprint density at radius 1 is 1.15 bits per heavy atom. The molecule has 0 spiro atoms. The summed E-state index contributed by atoms with van der Waals surface area (Å²) in [6, 6.07) is 0. The van der Waals surface area contributed by atoms with Crippen molar-refractivity contribution < 1.29 is 42.2 Å². The molecule has 2 saturated heterocycles. The normalized spacial score (nSPS) is 27.2. The van der Waals surface area contributed by atoms with Crippen LogP contribution >= 0.6 is 26.9 Å². The average Bonchev–Trinajstić information content (AvgIpc) is 3.30. The first kappa shape index (κ1) is 29.0. The zero-order valence-corrected chi connectivity index (χ0v) is 22.0. The van der Waals surface area contributed by atoms with E-state index in [1.54, 1.807) is 11.8 Å². The molecule has 2 heterocycles. The van der Waals surface area contributed by atoms with Gasteiger partial charge in [-0.3, -0.25) is 14.5 Å². The van der Waals surface area contributed by atoms with Gasteiger partial charge in [0.25, 0.3) is 0 Å². The molecule has 2 N–H and O–H groups in total. The molecule has 5 atom stereocenters. The van der Waals surface area contributed by atoms with E-state index in [0.29, 0.717) is 32.6 Å². The summed E-state index contributed by atoms with van der Waals surface area (Å²) in [6.07, 6.45) is 10.7. The lowest BCUT2D eigenvalue weighted by atomic mass is 10.2. The van der Waals surface area contributed by atoms with Crippen LogP contribution in [0.2, 0.25) is 0 Å². The summed E-state index contributed by atoms with van der Waals surface area (Å²) in [4.78, 5) is 45.3. The van der Waals surface area contributed by atoms with Crippen molar-refractivity contribution in [3.8, 4) is 0 Å². The van der Waals surface area contributed by atoms with Crippen molar-refractivity contribution in [1.82, 2.24) is 4.90 Å². The molecule has 0 radical (unpaired) electrons. The van der Waals surface area contributed by atoms with Gasteiger partial charge >= 0.3 is 0 Å². The number of rotatable bonds is 16. The van der Waals surface area contributed by atoms with Crippen molar-refractivity contribution in [2.75, 3.05) is 39.2 Å². The Balaban J connectivity index is 1.54. The molecule has 0 aromatic heterocycles. The van der Waals surface area contributed by atoms with Gasteiger partial charge in [-0.05, 0) is 38.1 Å². The van der Waals surface area contributed by atoms with Crippen molar-refractivity contribution in [2.45, 2.75) is 62.9 Å². The van der Waals surface area contributed by atoms with Gasteiger partial charge in [0.2, 0.25) is 26.9 Å². The highest BCUT2D eigenvalue weighted by Crippen LogP contribution is 2.47. The maximum Gasteiger partial charge on any atom is 0.248 e. The highest BCUT2D eigenvalue weighted by Gasteiger charge is 2.37. The van der Waals surface area contributed by atoms with Crippen LogP contribution < -0.4 is 0 Å². The first-order valence-electron chi connectivity index (χ1n) is 11.1. The van der Waals surface area contributed by atoms with Gasteiger partial charge in [0.1, 0.15) is 6.10 Å². The predicted molar refractivity (Wildman–Crippen MR) is 132 cm³/mol. The Morgan fingerprint density at radius 2 is 1.88 bits per heavy atom. The Morgan fingerprint density at radius 3 is 2.55 bits per heavy atom. The molecule has 2 fully saturated rings. The van der Waals surface area contributed by atoms with Gasteiger partial charge in [-0.2, -0.15) is 0 Å². The molecule has 2 aliphatic rings. The second-order valence-corrected chi connectivity index (χ2v) is 12.8. The van der Waals surface area contributed by atoms with Gasteiger partial charge in [-0.15, -0.1) is 11.8 Å². The van der Waals surface area contributed by atoms with Crippen molar-refractivity contribution >= 4 is 51.3 Å². The van der Waals surface area contributed by atoms with E-state index >= 15 is 0 Å². The molecule has 13 heteroatoms. The average molecular weight is 530 g/mol. The number of imide groups is 1. The molecule has 192 valence electrons. The number of hydrogen-bond donors (Lipinski definition) is 2. The van der Waals surface area contributed by atoms with Crippen LogP contribution in [0.5, 0.6) is 0 Å². The van der Waals surface area contributed by atoms with Crippen molar-refractivity contribution in [3.05, 3.63) is 0 Å². The number of hydrogen-bond acceptors (Lipinski definition) is 10. The molecule has 0 aromatic rings. The standard InChI is InChI=1S/C20H37NO9P2S/c1-5-21-19(22)14-18(20(21)23)33-13-9-7-6-8-11-28-32(4,25)29-15-17-16(10-12-27-17)30-31(3,24)26-2/h16-18,24-25H,3-15H2,1-2H3. The Bertz CT molecular complexity index is 753. The van der Waals surface area contributed by atoms with Gasteiger partial charge in [-0.25, -0.2) is 0 Å². The van der Waals surface area contributed by atoms with E-state index in [9.17, 15) is 19.4 Å². The molecule has 2 amide bonds. The maximum absolute atomic E-state index is 12.1. The number of likely N-dealkylation sites (tertiary alicyclic amines) is 1. The number of ether oxygens (including phenoxy) is 1. The van der Waals surface area contributed by atoms with Crippen LogP contribution in [0.25, 0.3) is 0 Å². The van der Waals surface area contributed by atoms with Crippen molar-refractivity contribution in [3.63, 3.8) is 0 Å². The molecule has 0 bridgehead atoms. The molecular formula is C20H37NO9P2S. The zero-order valence-electron chi connectivity index (χ0n) is 19.4. The monoisotopic (exact) mass is 529 g/mol. The highest BCUT2D eigenvalue weighted by atomic mass is 32.2. The van der Waals surface area contributed by atoms with E-state index < -0.39 is 27.3 Å². The number of carbonyl (C=O) groups excluding carboxylic acids is 2. The molecular weight excluding hydrogens is 492 g/mol. The van der Waals surface area contributed by atoms with E-state index in [1.807, 2.05) is 6.92 Å². The third kappa shape index (κ3) is 9.76. The van der Waals surface area contributed by atoms with Crippen LogP contribution in [0.4, 0.5) is 0 Å². The minimum atomic E-state index is -3.24. The van der Waals surface area contributed by atoms with Gasteiger partial charge in [0.05, 0.1) is 24.6 Å². The number of carbonyl (C=O) groups is 2. The third-order valence-corrected chi connectivity index (χ3v) is 8.95. The summed E-state index contributed by atoms with van der Waals surface area (Å²) in [6.45, 7) is 3.04. The van der Waals surface area contributed by atoms with E-state index in [2.05, 4.69) is 12.6 Å². The molecule has 0 aliphatic carbocycles. The summed E-state index contributed by atoms with van der Waals surface area (Å²) >= 11 is 1.55. The fourth-order valence-corrected chi connectivity index (χ4v) is 6.30. The fraction of sp³-hybridized carbons (Fsp3) is 0.800. The number of nitrogens with zero attached hydrogens (tertiary/aromatic N) is 1. The van der Waals surface area contributed by atoms with Crippen LogP contribution in [0.3, 0.4) is 0 Å². The van der Waals surface area contributed by atoms with Crippen LogP contribution in [0.15, 0.2) is 0 Å². The Hall–Kier alpha value is -0.190. The van der Waals surface area contributed by atoms with Crippen LogP contribution in [-0.4, -0.2) is 95.8 Å². The molecule has 0 aromatic carbocycles. The summed E-state index contributed by atoms with van der Waals surface area (Å²) < 4.78 is 26.8. The van der Waals surface area contributed by atoms with Crippen LogP contribution in [0, 0.1) is 0 Å². The molecule has 0 saturated carbocycles. The molecule has 5 unspecified atom stereocenters. The van der Waals surface area contributed by atoms with Crippen molar-refractivity contribution in [2.24, 2.45) is 0 Å². The Labute approximate surface area is 200 Å². The molecule has 10 nitrogen and oxygen atoms in total. The minimum absolute atomic E-state index is 0.0250. The first-order valence-corrected chi connectivity index (χ1v) is 15.7. The molecule has 2 aliphatic heterocycles. The lowest BCUT2D eigenvalue weighted by Gasteiger charge is -2.26. The summed E-state index contributed by atoms with van der Waals surface area (Å²) in [5.74, 6) is 0.685. The largest absolute Gasteiger partial charge is 0.373 e. The molecule has 2 rings (SSSR count). The predicted octanol–water partition coefficient (Wildman–Crippen LogP) is 2.65. The maximum atomic E-state index is 12.1. The van der Waals surface area contributed by atoms with E-state index in [4.69, 9.17) is 22.8 Å². The Kier molecular flexibility index (Phi) is 12.1. The summed E-state index contributed by atoms with van der Waals surface area (Å²) in [5, 5.41) is -0.239. The molecule has 33 heavy (non-hydrogen) atoms. The topological polar surface area (TPSA) is 124 Å². The summed E-state index contributed by atoms with van der Waals surface area (Å²) in [5.41, 5.74) is 0. The zero-order chi connectivity index (χ0) is 24.5. The minimum Gasteiger partial charge on any atom is -0.373 e. The lowest BCUT2D eigenvalue weighted by Crippen LogP contribution is -2.30. The summed E-state index contributed by atoms with van der Waals surface area (Å²) in [7, 11) is -5.06.